The summed E-state index contributed by atoms with van der Waals surface area (Å²) < 4.78 is 5.01. The molecule has 3 atom stereocenters. The summed E-state index contributed by atoms with van der Waals surface area (Å²) in [5, 5.41) is 2.89. The van der Waals surface area contributed by atoms with Crippen LogP contribution in [0.1, 0.15) is 33.6 Å². The van der Waals surface area contributed by atoms with Crippen LogP contribution < -0.4 is 11.1 Å². The lowest BCUT2D eigenvalue weighted by atomic mass is 9.99. The number of hydrogen-bond acceptors (Lipinski definition) is 3. The third-order valence-electron chi connectivity index (χ3n) is 2.77. The highest BCUT2D eigenvalue weighted by Gasteiger charge is 2.21. The van der Waals surface area contributed by atoms with Crippen molar-refractivity contribution >= 4 is 18.3 Å². The molecule has 0 heterocycles. The Morgan fingerprint density at radius 1 is 1.38 bits per heavy atom. The van der Waals surface area contributed by atoms with E-state index in [4.69, 9.17) is 10.5 Å². The minimum absolute atomic E-state index is 0. The molecule has 16 heavy (non-hydrogen) atoms. The van der Waals surface area contributed by atoms with Crippen molar-refractivity contribution in [2.45, 2.75) is 45.7 Å². The second kappa shape index (κ2) is 9.87. The molecule has 0 radical (unpaired) electrons. The summed E-state index contributed by atoms with van der Waals surface area (Å²) in [4.78, 5) is 11.7. The molecule has 3 unspecified atom stereocenters. The summed E-state index contributed by atoms with van der Waals surface area (Å²) >= 11 is 0. The van der Waals surface area contributed by atoms with Crippen molar-refractivity contribution in [1.82, 2.24) is 5.32 Å². The van der Waals surface area contributed by atoms with Crippen LogP contribution in [-0.2, 0) is 9.53 Å². The van der Waals surface area contributed by atoms with Crippen LogP contribution in [0.25, 0.3) is 0 Å². The predicted octanol–water partition coefficient (Wildman–Crippen LogP) is 1.32. The van der Waals surface area contributed by atoms with Gasteiger partial charge in [-0.1, -0.05) is 27.2 Å². The molecule has 0 aromatic carbocycles. The van der Waals surface area contributed by atoms with Gasteiger partial charge in [-0.2, -0.15) is 0 Å². The standard InChI is InChI=1S/C11H24N2O2.ClH/c1-5-8(3)10(12)11(14)13-9(6-2)7-15-4;/h8-10H,5-7,12H2,1-4H3,(H,13,14);1H. The first-order valence-corrected chi connectivity index (χ1v) is 5.61. The van der Waals surface area contributed by atoms with Crippen LogP contribution in [0.5, 0.6) is 0 Å². The molecule has 0 aromatic rings. The second-order valence-corrected chi connectivity index (χ2v) is 3.98. The van der Waals surface area contributed by atoms with Crippen LogP contribution >= 0.6 is 12.4 Å². The van der Waals surface area contributed by atoms with Gasteiger partial charge in [0.05, 0.1) is 18.7 Å². The number of nitrogens with two attached hydrogens (primary N) is 1. The molecule has 0 fully saturated rings. The number of methoxy groups -OCH3 is 1. The molecule has 0 aliphatic rings. The Balaban J connectivity index is 0. The van der Waals surface area contributed by atoms with E-state index < -0.39 is 6.04 Å². The van der Waals surface area contributed by atoms with E-state index >= 15 is 0 Å². The van der Waals surface area contributed by atoms with Gasteiger partial charge < -0.3 is 15.8 Å². The maximum atomic E-state index is 11.7. The second-order valence-electron chi connectivity index (χ2n) is 3.98. The zero-order valence-corrected chi connectivity index (χ0v) is 11.5. The predicted molar refractivity (Wildman–Crippen MR) is 68.8 cm³/mol. The molecule has 98 valence electrons. The minimum Gasteiger partial charge on any atom is -0.383 e. The fraction of sp³-hybridized carbons (Fsp3) is 0.909. The monoisotopic (exact) mass is 252 g/mol. The molecule has 0 saturated carbocycles. The van der Waals surface area contributed by atoms with Crippen LogP contribution in [0.15, 0.2) is 0 Å². The molecule has 0 rings (SSSR count). The zero-order chi connectivity index (χ0) is 11.8. The molecule has 0 aliphatic heterocycles. The van der Waals surface area contributed by atoms with E-state index in [1.807, 2.05) is 20.8 Å². The Kier molecular flexibility index (Phi) is 11.1. The van der Waals surface area contributed by atoms with Crippen molar-refractivity contribution in [2.75, 3.05) is 13.7 Å². The Morgan fingerprint density at radius 3 is 2.31 bits per heavy atom. The average Bonchev–Trinajstić information content (AvgIpc) is 2.26. The summed E-state index contributed by atoms with van der Waals surface area (Å²) in [7, 11) is 1.63. The topological polar surface area (TPSA) is 64.3 Å². The third-order valence-corrected chi connectivity index (χ3v) is 2.77. The SMILES string of the molecule is CCC(COC)NC(=O)C(N)C(C)CC.Cl. The van der Waals surface area contributed by atoms with Crippen LogP contribution in [0.4, 0.5) is 0 Å². The van der Waals surface area contributed by atoms with Crippen LogP contribution in [0.3, 0.4) is 0 Å². The lowest BCUT2D eigenvalue weighted by Gasteiger charge is -2.22. The average molecular weight is 253 g/mol. The molecule has 3 N–H and O–H groups in total. The van der Waals surface area contributed by atoms with Crippen molar-refractivity contribution in [3.05, 3.63) is 0 Å². The van der Waals surface area contributed by atoms with Crippen LogP contribution in [-0.4, -0.2) is 31.7 Å². The highest BCUT2D eigenvalue weighted by molar-refractivity contribution is 5.85. The molecule has 1 amide bonds. The molecule has 4 nitrogen and oxygen atoms in total. The zero-order valence-electron chi connectivity index (χ0n) is 10.7. The summed E-state index contributed by atoms with van der Waals surface area (Å²) in [6.07, 6.45) is 1.77. The number of amides is 1. The molecule has 0 spiro atoms. The highest BCUT2D eigenvalue weighted by Crippen LogP contribution is 2.05. The Labute approximate surface area is 105 Å². The first-order valence-electron chi connectivity index (χ1n) is 5.61. The van der Waals surface area contributed by atoms with E-state index in [0.29, 0.717) is 6.61 Å². The summed E-state index contributed by atoms with van der Waals surface area (Å²) in [6.45, 7) is 6.57. The summed E-state index contributed by atoms with van der Waals surface area (Å²) in [6, 6.07) is -0.349. The van der Waals surface area contributed by atoms with Gasteiger partial charge in [-0.3, -0.25) is 4.79 Å². The molecule has 0 saturated heterocycles. The van der Waals surface area contributed by atoms with E-state index in [2.05, 4.69) is 5.32 Å². The van der Waals surface area contributed by atoms with Crippen molar-refractivity contribution in [2.24, 2.45) is 11.7 Å². The number of halogens is 1. The largest absolute Gasteiger partial charge is 0.383 e. The van der Waals surface area contributed by atoms with Crippen molar-refractivity contribution in [3.8, 4) is 0 Å². The number of carbonyl (C=O) groups excluding carboxylic acids is 1. The first-order chi connectivity index (χ1) is 7.06. The van der Waals surface area contributed by atoms with Gasteiger partial charge >= 0.3 is 0 Å². The molecular weight excluding hydrogens is 228 g/mol. The Bertz CT molecular complexity index is 191. The fourth-order valence-corrected chi connectivity index (χ4v) is 1.27. The van der Waals surface area contributed by atoms with Crippen molar-refractivity contribution < 1.29 is 9.53 Å². The minimum atomic E-state index is -0.416. The van der Waals surface area contributed by atoms with E-state index in [1.54, 1.807) is 7.11 Å². The van der Waals surface area contributed by atoms with E-state index in [0.717, 1.165) is 12.8 Å². The van der Waals surface area contributed by atoms with E-state index in [1.165, 1.54) is 0 Å². The molecule has 0 aromatic heterocycles. The Hall–Kier alpha value is -0.320. The third kappa shape index (κ3) is 6.30. The van der Waals surface area contributed by atoms with Gasteiger partial charge in [-0.25, -0.2) is 0 Å². The maximum Gasteiger partial charge on any atom is 0.237 e. The molecule has 0 aliphatic carbocycles. The molecular formula is C11H25ClN2O2. The Morgan fingerprint density at radius 2 is 1.94 bits per heavy atom. The van der Waals surface area contributed by atoms with Gasteiger partial charge in [0.25, 0.3) is 0 Å². The number of ether oxygens (including phenoxy) is 1. The summed E-state index contributed by atoms with van der Waals surface area (Å²) in [5.41, 5.74) is 5.82. The first kappa shape index (κ1) is 18.1. The normalized spacial score (nSPS) is 15.8. The summed E-state index contributed by atoms with van der Waals surface area (Å²) in [5.74, 6) is 0.137. The smallest absolute Gasteiger partial charge is 0.237 e. The van der Waals surface area contributed by atoms with E-state index in [9.17, 15) is 4.79 Å². The van der Waals surface area contributed by atoms with E-state index in [-0.39, 0.29) is 30.3 Å². The van der Waals surface area contributed by atoms with Gasteiger partial charge in [-0.05, 0) is 12.3 Å². The number of nitrogens with one attached hydrogen (secondary N) is 1. The van der Waals surface area contributed by atoms with Gasteiger partial charge in [0.1, 0.15) is 0 Å². The van der Waals surface area contributed by atoms with Crippen molar-refractivity contribution in [1.29, 1.82) is 0 Å². The molecule has 5 heteroatoms. The number of rotatable bonds is 7. The van der Waals surface area contributed by atoms with Gasteiger partial charge in [0, 0.05) is 7.11 Å². The van der Waals surface area contributed by atoms with Gasteiger partial charge in [0.15, 0.2) is 0 Å². The quantitative estimate of drug-likeness (QED) is 0.718. The maximum absolute atomic E-state index is 11.7. The lowest BCUT2D eigenvalue weighted by molar-refractivity contribution is -0.124. The number of carbonyl (C=O) groups is 1. The lowest BCUT2D eigenvalue weighted by Crippen LogP contribution is -2.49. The van der Waals surface area contributed by atoms with Crippen LogP contribution in [0, 0.1) is 5.92 Å². The van der Waals surface area contributed by atoms with Gasteiger partial charge in [0.2, 0.25) is 5.91 Å². The fourth-order valence-electron chi connectivity index (χ4n) is 1.27. The highest BCUT2D eigenvalue weighted by atomic mass is 35.5. The molecule has 0 bridgehead atoms. The van der Waals surface area contributed by atoms with Gasteiger partial charge in [-0.15, -0.1) is 12.4 Å². The van der Waals surface area contributed by atoms with Crippen molar-refractivity contribution in [3.63, 3.8) is 0 Å². The number of hydrogen-bond donors (Lipinski definition) is 2. The van der Waals surface area contributed by atoms with Crippen LogP contribution in [0.2, 0.25) is 0 Å².